The van der Waals surface area contributed by atoms with Gasteiger partial charge in [-0.2, -0.15) is 0 Å². The highest BCUT2D eigenvalue weighted by Crippen LogP contribution is 2.30. The molecule has 29 heavy (non-hydrogen) atoms. The van der Waals surface area contributed by atoms with E-state index in [-0.39, 0.29) is 5.91 Å². The van der Waals surface area contributed by atoms with E-state index < -0.39 is 0 Å². The molecule has 1 aromatic carbocycles. The highest BCUT2D eigenvalue weighted by molar-refractivity contribution is 7.80. The minimum Gasteiger partial charge on any atom is -0.493 e. The van der Waals surface area contributed by atoms with Crippen LogP contribution in [0.3, 0.4) is 0 Å². The van der Waals surface area contributed by atoms with E-state index >= 15 is 0 Å². The molecule has 1 aliphatic carbocycles. The SMILES string of the molecule is COc1cc(C(=O)NNC(=S)N[C@H]2CCC[C@@H](C)[C@H]2C)ccc1OCCC(C)C. The van der Waals surface area contributed by atoms with Crippen molar-refractivity contribution < 1.29 is 14.3 Å². The summed E-state index contributed by atoms with van der Waals surface area (Å²) in [5.41, 5.74) is 5.93. The molecule has 0 heterocycles. The number of thiocarbonyl (C=S) groups is 1. The lowest BCUT2D eigenvalue weighted by atomic mass is 9.78. The second-order valence-corrected chi connectivity index (χ2v) is 8.73. The number of methoxy groups -OCH3 is 1. The number of benzene rings is 1. The zero-order valence-electron chi connectivity index (χ0n) is 18.2. The van der Waals surface area contributed by atoms with Crippen LogP contribution in [-0.4, -0.2) is 30.8 Å². The molecule has 0 aromatic heterocycles. The smallest absolute Gasteiger partial charge is 0.269 e. The maximum Gasteiger partial charge on any atom is 0.269 e. The first-order valence-electron chi connectivity index (χ1n) is 10.5. The second-order valence-electron chi connectivity index (χ2n) is 8.32. The molecule has 1 fully saturated rings. The monoisotopic (exact) mass is 421 g/mol. The Hall–Kier alpha value is -2.02. The van der Waals surface area contributed by atoms with Gasteiger partial charge in [0.1, 0.15) is 0 Å². The van der Waals surface area contributed by atoms with Crippen molar-refractivity contribution in [3.63, 3.8) is 0 Å². The maximum absolute atomic E-state index is 12.5. The summed E-state index contributed by atoms with van der Waals surface area (Å²) in [6, 6.07) is 5.47. The van der Waals surface area contributed by atoms with E-state index in [9.17, 15) is 4.79 Å². The molecule has 7 heteroatoms. The zero-order valence-corrected chi connectivity index (χ0v) is 19.0. The molecule has 6 nitrogen and oxygen atoms in total. The van der Waals surface area contributed by atoms with E-state index in [1.807, 2.05) is 0 Å². The van der Waals surface area contributed by atoms with Gasteiger partial charge in [0.05, 0.1) is 13.7 Å². The Balaban J connectivity index is 1.87. The first-order chi connectivity index (χ1) is 13.8. The van der Waals surface area contributed by atoms with Crippen molar-refractivity contribution in [2.75, 3.05) is 13.7 Å². The van der Waals surface area contributed by atoms with Crippen LogP contribution in [0.1, 0.15) is 63.7 Å². The van der Waals surface area contributed by atoms with Crippen LogP contribution >= 0.6 is 12.2 Å². The van der Waals surface area contributed by atoms with Crippen LogP contribution in [-0.2, 0) is 0 Å². The van der Waals surface area contributed by atoms with Gasteiger partial charge in [-0.15, -0.1) is 0 Å². The van der Waals surface area contributed by atoms with Crippen LogP contribution in [0.2, 0.25) is 0 Å². The van der Waals surface area contributed by atoms with Crippen LogP contribution in [0.5, 0.6) is 11.5 Å². The highest BCUT2D eigenvalue weighted by Gasteiger charge is 2.27. The van der Waals surface area contributed by atoms with Crippen molar-refractivity contribution in [1.29, 1.82) is 0 Å². The number of hydrogen-bond donors (Lipinski definition) is 3. The molecule has 0 aliphatic heterocycles. The van der Waals surface area contributed by atoms with Crippen LogP contribution in [0.15, 0.2) is 18.2 Å². The summed E-state index contributed by atoms with van der Waals surface area (Å²) < 4.78 is 11.1. The first kappa shape index (κ1) is 23.3. The van der Waals surface area contributed by atoms with Gasteiger partial charge < -0.3 is 14.8 Å². The number of rotatable bonds is 7. The molecule has 3 atom stereocenters. The summed E-state index contributed by atoms with van der Waals surface area (Å²) in [4.78, 5) is 12.5. The Kier molecular flexibility index (Phi) is 9.01. The van der Waals surface area contributed by atoms with E-state index in [4.69, 9.17) is 21.7 Å². The summed E-state index contributed by atoms with van der Waals surface area (Å²) in [6.45, 7) is 9.44. The molecule has 1 saturated carbocycles. The first-order valence-corrected chi connectivity index (χ1v) is 10.9. The highest BCUT2D eigenvalue weighted by atomic mass is 32.1. The minimum atomic E-state index is -0.286. The van der Waals surface area contributed by atoms with Gasteiger partial charge in [-0.1, -0.05) is 40.5 Å². The van der Waals surface area contributed by atoms with E-state index in [1.54, 1.807) is 25.3 Å². The van der Waals surface area contributed by atoms with Gasteiger partial charge in [-0.05, 0) is 61.0 Å². The van der Waals surface area contributed by atoms with Crippen molar-refractivity contribution in [2.24, 2.45) is 17.8 Å². The molecule has 0 spiro atoms. The molecule has 2 rings (SSSR count). The zero-order chi connectivity index (χ0) is 21.4. The summed E-state index contributed by atoms with van der Waals surface area (Å²) in [6.07, 6.45) is 4.51. The number of ether oxygens (including phenoxy) is 2. The molecular formula is C22H35N3O3S. The summed E-state index contributed by atoms with van der Waals surface area (Å²) in [5, 5.41) is 3.77. The van der Waals surface area contributed by atoms with Crippen LogP contribution in [0, 0.1) is 17.8 Å². The number of hydrogen-bond acceptors (Lipinski definition) is 4. The Morgan fingerprint density at radius 1 is 1.21 bits per heavy atom. The molecule has 1 amide bonds. The largest absolute Gasteiger partial charge is 0.493 e. The van der Waals surface area contributed by atoms with Crippen molar-refractivity contribution >= 4 is 23.2 Å². The predicted octanol–water partition coefficient (Wildman–Crippen LogP) is 4.05. The van der Waals surface area contributed by atoms with Gasteiger partial charge in [0.2, 0.25) is 0 Å². The molecule has 3 N–H and O–H groups in total. The third-order valence-corrected chi connectivity index (χ3v) is 5.91. The van der Waals surface area contributed by atoms with Crippen molar-refractivity contribution in [2.45, 2.75) is 59.4 Å². The molecule has 0 saturated heterocycles. The van der Waals surface area contributed by atoms with Gasteiger partial charge in [0, 0.05) is 11.6 Å². The van der Waals surface area contributed by atoms with Crippen LogP contribution in [0.25, 0.3) is 0 Å². The number of carbonyl (C=O) groups excluding carboxylic acids is 1. The lowest BCUT2D eigenvalue weighted by molar-refractivity contribution is 0.0942. The van der Waals surface area contributed by atoms with Gasteiger partial charge in [-0.3, -0.25) is 15.6 Å². The molecular weight excluding hydrogens is 386 g/mol. The number of nitrogens with one attached hydrogen (secondary N) is 3. The quantitative estimate of drug-likeness (QED) is 0.456. The van der Waals surface area contributed by atoms with Crippen molar-refractivity contribution in [3.8, 4) is 11.5 Å². The molecule has 0 radical (unpaired) electrons. The average Bonchev–Trinajstić information content (AvgIpc) is 2.69. The third kappa shape index (κ3) is 7.07. The van der Waals surface area contributed by atoms with Crippen LogP contribution < -0.4 is 25.6 Å². The molecule has 1 aromatic rings. The van der Waals surface area contributed by atoms with E-state index in [2.05, 4.69) is 43.9 Å². The number of amides is 1. The molecule has 0 unspecified atom stereocenters. The van der Waals surface area contributed by atoms with Crippen molar-refractivity contribution in [3.05, 3.63) is 23.8 Å². The van der Waals surface area contributed by atoms with Crippen LogP contribution in [0.4, 0.5) is 0 Å². The minimum absolute atomic E-state index is 0.286. The lowest BCUT2D eigenvalue weighted by Gasteiger charge is -2.35. The molecule has 162 valence electrons. The number of carbonyl (C=O) groups is 1. The van der Waals surface area contributed by atoms with Crippen molar-refractivity contribution in [1.82, 2.24) is 16.2 Å². The fourth-order valence-electron chi connectivity index (χ4n) is 3.51. The Morgan fingerprint density at radius 3 is 2.66 bits per heavy atom. The van der Waals surface area contributed by atoms with Gasteiger partial charge in [-0.25, -0.2) is 0 Å². The van der Waals surface area contributed by atoms with E-state index in [0.717, 1.165) is 12.8 Å². The predicted molar refractivity (Wildman–Crippen MR) is 120 cm³/mol. The fourth-order valence-corrected chi connectivity index (χ4v) is 3.71. The van der Waals surface area contributed by atoms with E-state index in [0.29, 0.717) is 52.6 Å². The average molecular weight is 422 g/mol. The summed E-state index contributed by atoms with van der Waals surface area (Å²) in [5.74, 6) is 2.67. The Bertz CT molecular complexity index is 696. The summed E-state index contributed by atoms with van der Waals surface area (Å²) >= 11 is 5.35. The molecule has 1 aliphatic rings. The standard InChI is InChI=1S/C22H35N3O3S/c1-14(2)11-12-28-19-10-9-17(13-20(19)27-5)21(26)24-25-22(29)23-18-8-6-7-15(3)16(18)4/h9-10,13-16,18H,6-8,11-12H2,1-5H3,(H,24,26)(H2,23,25,29)/t15-,16-,18+/m1/s1. The van der Waals surface area contributed by atoms with Gasteiger partial charge in [0.15, 0.2) is 16.6 Å². The normalized spacial score (nSPS) is 21.4. The number of hydrazine groups is 1. The summed E-state index contributed by atoms with van der Waals surface area (Å²) in [7, 11) is 1.57. The van der Waals surface area contributed by atoms with Gasteiger partial charge in [0.25, 0.3) is 5.91 Å². The second kappa shape index (κ2) is 11.2. The van der Waals surface area contributed by atoms with Gasteiger partial charge >= 0.3 is 0 Å². The fraction of sp³-hybridized carbons (Fsp3) is 0.636. The third-order valence-electron chi connectivity index (χ3n) is 5.69. The maximum atomic E-state index is 12.5. The Morgan fingerprint density at radius 2 is 1.97 bits per heavy atom. The molecule has 0 bridgehead atoms. The lowest BCUT2D eigenvalue weighted by Crippen LogP contribution is -2.52. The topological polar surface area (TPSA) is 71.6 Å². The van der Waals surface area contributed by atoms with E-state index in [1.165, 1.54) is 12.8 Å². The Labute approximate surface area is 180 Å².